The summed E-state index contributed by atoms with van der Waals surface area (Å²) in [6.07, 6.45) is 0.691. The fourth-order valence-corrected chi connectivity index (χ4v) is 2.45. The van der Waals surface area contributed by atoms with Crippen LogP contribution in [0.5, 0.6) is 0 Å². The zero-order chi connectivity index (χ0) is 11.4. The Labute approximate surface area is 98.7 Å². The Morgan fingerprint density at radius 1 is 1.19 bits per heavy atom. The van der Waals surface area contributed by atoms with Crippen LogP contribution in [0.25, 0.3) is 0 Å². The number of carbonyl (C=O) groups is 1. The second kappa shape index (κ2) is 4.94. The molecule has 1 amide bonds. The van der Waals surface area contributed by atoms with Gasteiger partial charge in [-0.15, -0.1) is 11.3 Å². The molecule has 3 heteroatoms. The maximum absolute atomic E-state index is 11.5. The zero-order valence-corrected chi connectivity index (χ0v) is 9.61. The summed E-state index contributed by atoms with van der Waals surface area (Å²) < 4.78 is 0. The first-order valence-corrected chi connectivity index (χ1v) is 6.02. The first-order valence-electron chi connectivity index (χ1n) is 5.14. The van der Waals surface area contributed by atoms with Gasteiger partial charge in [0, 0.05) is 4.88 Å². The van der Waals surface area contributed by atoms with Gasteiger partial charge in [-0.25, -0.2) is 0 Å². The maximum Gasteiger partial charge on any atom is 0.225 e. The molecule has 2 aromatic rings. The topological polar surface area (TPSA) is 43.1 Å². The molecule has 1 heterocycles. The van der Waals surface area contributed by atoms with Crippen molar-refractivity contribution in [2.45, 2.75) is 12.3 Å². The normalized spacial score (nSPS) is 12.2. The summed E-state index contributed by atoms with van der Waals surface area (Å²) in [7, 11) is 0. The van der Waals surface area contributed by atoms with Crippen LogP contribution in [0.4, 0.5) is 0 Å². The van der Waals surface area contributed by atoms with Crippen molar-refractivity contribution < 1.29 is 4.79 Å². The quantitative estimate of drug-likeness (QED) is 0.863. The van der Waals surface area contributed by atoms with Crippen LogP contribution < -0.4 is 5.73 Å². The highest BCUT2D eigenvalue weighted by Crippen LogP contribution is 2.22. The van der Waals surface area contributed by atoms with Crippen LogP contribution in [0.1, 0.15) is 16.4 Å². The van der Waals surface area contributed by atoms with Crippen molar-refractivity contribution in [2.24, 2.45) is 5.73 Å². The minimum Gasteiger partial charge on any atom is -0.369 e. The van der Waals surface area contributed by atoms with Crippen LogP contribution >= 0.6 is 11.3 Å². The Balaban J connectivity index is 2.22. The summed E-state index contributed by atoms with van der Waals surface area (Å²) in [6.45, 7) is 0. The molecular weight excluding hydrogens is 218 g/mol. The van der Waals surface area contributed by atoms with Gasteiger partial charge in [-0.05, 0) is 23.4 Å². The third-order valence-corrected chi connectivity index (χ3v) is 3.43. The smallest absolute Gasteiger partial charge is 0.225 e. The van der Waals surface area contributed by atoms with Crippen LogP contribution in [0.2, 0.25) is 0 Å². The monoisotopic (exact) mass is 231 g/mol. The molecule has 0 spiro atoms. The Kier molecular flexibility index (Phi) is 3.37. The van der Waals surface area contributed by atoms with Gasteiger partial charge in [0.25, 0.3) is 0 Å². The van der Waals surface area contributed by atoms with E-state index in [9.17, 15) is 4.79 Å². The van der Waals surface area contributed by atoms with Crippen molar-refractivity contribution in [2.75, 3.05) is 0 Å². The molecule has 0 aliphatic rings. The molecule has 1 aromatic carbocycles. The second-order valence-electron chi connectivity index (χ2n) is 3.65. The van der Waals surface area contributed by atoms with Crippen LogP contribution in [-0.2, 0) is 11.2 Å². The highest BCUT2D eigenvalue weighted by molar-refractivity contribution is 7.09. The maximum atomic E-state index is 11.5. The van der Waals surface area contributed by atoms with Gasteiger partial charge in [-0.2, -0.15) is 0 Å². The van der Waals surface area contributed by atoms with E-state index in [2.05, 4.69) is 0 Å². The van der Waals surface area contributed by atoms with Gasteiger partial charge < -0.3 is 5.73 Å². The number of benzene rings is 1. The molecule has 0 saturated heterocycles. The number of rotatable bonds is 4. The molecule has 16 heavy (non-hydrogen) atoms. The van der Waals surface area contributed by atoms with Crippen LogP contribution in [-0.4, -0.2) is 5.91 Å². The van der Waals surface area contributed by atoms with E-state index in [1.54, 1.807) is 11.3 Å². The van der Waals surface area contributed by atoms with E-state index in [0.29, 0.717) is 6.42 Å². The van der Waals surface area contributed by atoms with E-state index < -0.39 is 0 Å². The molecule has 1 unspecified atom stereocenters. The third kappa shape index (κ3) is 2.49. The minimum absolute atomic E-state index is 0.222. The van der Waals surface area contributed by atoms with Gasteiger partial charge in [-0.3, -0.25) is 4.79 Å². The number of amides is 1. The number of hydrogen-bond acceptors (Lipinski definition) is 2. The Bertz CT molecular complexity index is 450. The molecule has 82 valence electrons. The number of nitrogens with two attached hydrogens (primary N) is 1. The molecule has 0 bridgehead atoms. The largest absolute Gasteiger partial charge is 0.369 e. The van der Waals surface area contributed by atoms with Crippen molar-refractivity contribution in [3.05, 3.63) is 58.3 Å². The Hall–Kier alpha value is -1.61. The molecule has 2 rings (SSSR count). The van der Waals surface area contributed by atoms with Gasteiger partial charge in [0.1, 0.15) is 0 Å². The van der Waals surface area contributed by atoms with Gasteiger partial charge in [0.15, 0.2) is 0 Å². The summed E-state index contributed by atoms with van der Waals surface area (Å²) in [4.78, 5) is 12.6. The van der Waals surface area contributed by atoms with E-state index in [1.807, 2.05) is 47.8 Å². The molecule has 2 N–H and O–H groups in total. The number of primary amides is 1. The first kappa shape index (κ1) is 10.9. The highest BCUT2D eigenvalue weighted by atomic mass is 32.1. The molecular formula is C13H13NOS. The number of hydrogen-bond donors (Lipinski definition) is 1. The van der Waals surface area contributed by atoms with Crippen LogP contribution in [0.3, 0.4) is 0 Å². The molecule has 0 aliphatic carbocycles. The third-order valence-electron chi connectivity index (χ3n) is 2.53. The van der Waals surface area contributed by atoms with E-state index in [0.717, 1.165) is 5.56 Å². The SMILES string of the molecule is NC(=O)C(Cc1cccs1)c1ccccc1. The summed E-state index contributed by atoms with van der Waals surface area (Å²) >= 11 is 1.66. The highest BCUT2D eigenvalue weighted by Gasteiger charge is 2.18. The predicted molar refractivity (Wildman–Crippen MR) is 66.4 cm³/mol. The number of carbonyl (C=O) groups excluding carboxylic acids is 1. The van der Waals surface area contributed by atoms with Gasteiger partial charge in [0.05, 0.1) is 5.92 Å². The van der Waals surface area contributed by atoms with Gasteiger partial charge in [-0.1, -0.05) is 36.4 Å². The summed E-state index contributed by atoms with van der Waals surface area (Å²) in [6, 6.07) is 13.7. The lowest BCUT2D eigenvalue weighted by Crippen LogP contribution is -2.22. The molecule has 2 nitrogen and oxygen atoms in total. The summed E-state index contributed by atoms with van der Waals surface area (Å²) in [5.74, 6) is -0.487. The molecule has 1 atom stereocenters. The summed E-state index contributed by atoms with van der Waals surface area (Å²) in [5, 5.41) is 2.01. The number of thiophene rings is 1. The zero-order valence-electron chi connectivity index (χ0n) is 8.80. The second-order valence-corrected chi connectivity index (χ2v) is 4.68. The van der Waals surface area contributed by atoms with E-state index in [-0.39, 0.29) is 11.8 Å². The molecule has 0 aliphatic heterocycles. The lowest BCUT2D eigenvalue weighted by atomic mass is 9.94. The van der Waals surface area contributed by atoms with Crippen molar-refractivity contribution >= 4 is 17.2 Å². The van der Waals surface area contributed by atoms with Gasteiger partial charge in [0.2, 0.25) is 5.91 Å². The molecule has 1 aromatic heterocycles. The fraction of sp³-hybridized carbons (Fsp3) is 0.154. The summed E-state index contributed by atoms with van der Waals surface area (Å²) in [5.41, 5.74) is 6.44. The molecule has 0 saturated carbocycles. The van der Waals surface area contributed by atoms with E-state index >= 15 is 0 Å². The van der Waals surface area contributed by atoms with Crippen LogP contribution in [0, 0.1) is 0 Å². The lowest BCUT2D eigenvalue weighted by molar-refractivity contribution is -0.119. The average Bonchev–Trinajstić information content (AvgIpc) is 2.79. The fourth-order valence-electron chi connectivity index (χ4n) is 1.70. The van der Waals surface area contributed by atoms with Crippen molar-refractivity contribution in [3.8, 4) is 0 Å². The van der Waals surface area contributed by atoms with Crippen molar-refractivity contribution in [1.82, 2.24) is 0 Å². The van der Waals surface area contributed by atoms with E-state index in [4.69, 9.17) is 5.73 Å². The van der Waals surface area contributed by atoms with Crippen molar-refractivity contribution in [3.63, 3.8) is 0 Å². The minimum atomic E-state index is -0.264. The predicted octanol–water partition coefficient (Wildman–Crippen LogP) is 2.56. The lowest BCUT2D eigenvalue weighted by Gasteiger charge is -2.12. The van der Waals surface area contributed by atoms with Crippen molar-refractivity contribution in [1.29, 1.82) is 0 Å². The molecule has 0 radical (unpaired) electrons. The van der Waals surface area contributed by atoms with Crippen LogP contribution in [0.15, 0.2) is 47.8 Å². The first-order chi connectivity index (χ1) is 7.77. The Morgan fingerprint density at radius 2 is 1.94 bits per heavy atom. The van der Waals surface area contributed by atoms with Gasteiger partial charge >= 0.3 is 0 Å². The van der Waals surface area contributed by atoms with E-state index in [1.165, 1.54) is 4.88 Å². The molecule has 0 fully saturated rings. The Morgan fingerprint density at radius 3 is 2.50 bits per heavy atom. The average molecular weight is 231 g/mol. The standard InChI is InChI=1S/C13H13NOS/c14-13(15)12(9-11-7-4-8-16-11)10-5-2-1-3-6-10/h1-8,12H,9H2,(H2,14,15).